The predicted molar refractivity (Wildman–Crippen MR) is 80.9 cm³/mol. The average molecular weight is 305 g/mol. The molecule has 0 atom stereocenters. The van der Waals surface area contributed by atoms with Crippen LogP contribution in [0.5, 0.6) is 0 Å². The number of thiazole rings is 1. The Hall–Kier alpha value is -2.22. The molecule has 110 valence electrons. The Bertz CT molecular complexity index is 959. The second-order valence-electron chi connectivity index (χ2n) is 4.99. The molecular weight excluding hydrogens is 290 g/mol. The molecule has 0 radical (unpaired) electrons. The summed E-state index contributed by atoms with van der Waals surface area (Å²) in [5.41, 5.74) is 1.10. The van der Waals surface area contributed by atoms with Gasteiger partial charge in [0.25, 0.3) is 5.56 Å². The van der Waals surface area contributed by atoms with Gasteiger partial charge in [-0.2, -0.15) is 0 Å². The summed E-state index contributed by atoms with van der Waals surface area (Å²) in [7, 11) is 3.09. The number of rotatable bonds is 2. The van der Waals surface area contributed by atoms with Crippen molar-refractivity contribution < 1.29 is 0 Å². The van der Waals surface area contributed by atoms with Crippen LogP contribution in [-0.2, 0) is 20.6 Å². The first-order chi connectivity index (χ1) is 9.90. The van der Waals surface area contributed by atoms with Crippen LogP contribution in [0.1, 0.15) is 15.6 Å². The lowest BCUT2D eigenvalue weighted by Crippen LogP contribution is -2.37. The van der Waals surface area contributed by atoms with Gasteiger partial charge in [-0.1, -0.05) is 0 Å². The fraction of sp³-hybridized carbons (Fsp3) is 0.385. The van der Waals surface area contributed by atoms with Gasteiger partial charge >= 0.3 is 5.69 Å². The molecule has 8 heteroatoms. The first-order valence-corrected chi connectivity index (χ1v) is 7.25. The molecule has 0 amide bonds. The molecule has 3 heterocycles. The van der Waals surface area contributed by atoms with E-state index in [-0.39, 0.29) is 11.2 Å². The molecule has 0 aliphatic heterocycles. The quantitative estimate of drug-likeness (QED) is 0.693. The Kier molecular flexibility index (Phi) is 3.05. The second-order valence-corrected chi connectivity index (χ2v) is 6.28. The van der Waals surface area contributed by atoms with Crippen molar-refractivity contribution in [1.82, 2.24) is 23.7 Å². The van der Waals surface area contributed by atoms with Crippen LogP contribution in [0.2, 0.25) is 0 Å². The van der Waals surface area contributed by atoms with E-state index in [1.807, 2.05) is 13.8 Å². The number of hydrogen-bond acceptors (Lipinski definition) is 5. The Morgan fingerprint density at radius 1 is 1.19 bits per heavy atom. The van der Waals surface area contributed by atoms with E-state index < -0.39 is 0 Å². The maximum Gasteiger partial charge on any atom is 0.332 e. The zero-order valence-corrected chi connectivity index (χ0v) is 13.1. The minimum Gasteiger partial charge on any atom is -0.319 e. The predicted octanol–water partition coefficient (Wildman–Crippen LogP) is 0.555. The van der Waals surface area contributed by atoms with Crippen molar-refractivity contribution in [3.8, 4) is 0 Å². The molecule has 7 nitrogen and oxygen atoms in total. The Morgan fingerprint density at radius 3 is 2.52 bits per heavy atom. The number of imidazole rings is 1. The van der Waals surface area contributed by atoms with E-state index in [4.69, 9.17) is 0 Å². The molecule has 0 saturated carbocycles. The largest absolute Gasteiger partial charge is 0.332 e. The summed E-state index contributed by atoms with van der Waals surface area (Å²) in [6, 6.07) is 0. The summed E-state index contributed by atoms with van der Waals surface area (Å²) in [6.07, 6.45) is 1.60. The minimum absolute atomic E-state index is 0.329. The number of aromatic nitrogens is 5. The zero-order chi connectivity index (χ0) is 15.3. The SMILES string of the molecule is Cc1nc(C)c(Cn2cnc3c2c(=O)n(C)c(=O)n3C)s1. The van der Waals surface area contributed by atoms with Gasteiger partial charge in [-0.15, -0.1) is 11.3 Å². The first-order valence-electron chi connectivity index (χ1n) is 6.44. The highest BCUT2D eigenvalue weighted by atomic mass is 32.1. The van der Waals surface area contributed by atoms with Crippen LogP contribution in [-0.4, -0.2) is 23.7 Å². The standard InChI is InChI=1S/C13H15N5O2S/c1-7-9(21-8(2)15-7)5-18-6-14-11-10(18)12(19)17(4)13(20)16(11)3/h6H,5H2,1-4H3. The number of fused-ring (bicyclic) bond motifs is 1. The molecular formula is C13H15N5O2S. The maximum absolute atomic E-state index is 12.3. The normalized spacial score (nSPS) is 11.4. The van der Waals surface area contributed by atoms with Gasteiger partial charge in [-0.25, -0.2) is 14.8 Å². The van der Waals surface area contributed by atoms with Gasteiger partial charge in [0.1, 0.15) is 0 Å². The maximum atomic E-state index is 12.3. The molecule has 0 aromatic carbocycles. The van der Waals surface area contributed by atoms with Crippen molar-refractivity contribution in [3.05, 3.63) is 42.7 Å². The van der Waals surface area contributed by atoms with Crippen molar-refractivity contribution in [3.63, 3.8) is 0 Å². The molecule has 3 aromatic heterocycles. The summed E-state index contributed by atoms with van der Waals surface area (Å²) < 4.78 is 4.26. The molecule has 0 N–H and O–H groups in total. The fourth-order valence-electron chi connectivity index (χ4n) is 2.39. The molecule has 0 aliphatic carbocycles. The smallest absolute Gasteiger partial charge is 0.319 e. The van der Waals surface area contributed by atoms with Crippen LogP contribution in [0.25, 0.3) is 11.2 Å². The molecule has 0 bridgehead atoms. The topological polar surface area (TPSA) is 74.7 Å². The van der Waals surface area contributed by atoms with E-state index in [9.17, 15) is 9.59 Å². The van der Waals surface area contributed by atoms with Crippen molar-refractivity contribution in [2.24, 2.45) is 14.1 Å². The third kappa shape index (κ3) is 2.02. The third-order valence-corrected chi connectivity index (χ3v) is 4.59. The van der Waals surface area contributed by atoms with Crippen LogP contribution >= 0.6 is 11.3 Å². The Morgan fingerprint density at radius 2 is 1.90 bits per heavy atom. The van der Waals surface area contributed by atoms with Crippen molar-refractivity contribution in [2.45, 2.75) is 20.4 Å². The summed E-state index contributed by atoms with van der Waals surface area (Å²) in [5.74, 6) is 0. The van der Waals surface area contributed by atoms with Gasteiger partial charge in [0.05, 0.1) is 23.6 Å². The van der Waals surface area contributed by atoms with Gasteiger partial charge in [-0.05, 0) is 13.8 Å². The zero-order valence-electron chi connectivity index (χ0n) is 12.2. The Balaban J connectivity index is 2.24. The van der Waals surface area contributed by atoms with E-state index in [0.29, 0.717) is 17.7 Å². The van der Waals surface area contributed by atoms with Crippen LogP contribution in [0, 0.1) is 13.8 Å². The number of hydrogen-bond donors (Lipinski definition) is 0. The third-order valence-electron chi connectivity index (χ3n) is 3.53. The lowest BCUT2D eigenvalue weighted by Gasteiger charge is -2.06. The first kappa shape index (κ1) is 13.7. The monoisotopic (exact) mass is 305 g/mol. The summed E-state index contributed by atoms with van der Waals surface area (Å²) >= 11 is 1.60. The second kappa shape index (κ2) is 4.66. The molecule has 3 rings (SSSR count). The lowest BCUT2D eigenvalue weighted by atomic mass is 10.4. The summed E-state index contributed by atoms with van der Waals surface area (Å²) in [4.78, 5) is 33.9. The Labute approximate surface area is 124 Å². The van der Waals surface area contributed by atoms with Gasteiger partial charge < -0.3 is 4.57 Å². The lowest BCUT2D eigenvalue weighted by molar-refractivity contribution is 0.702. The molecule has 21 heavy (non-hydrogen) atoms. The summed E-state index contributed by atoms with van der Waals surface area (Å²) in [5, 5.41) is 0.993. The number of aryl methyl sites for hydroxylation is 3. The van der Waals surface area contributed by atoms with Crippen LogP contribution in [0.4, 0.5) is 0 Å². The highest BCUT2D eigenvalue weighted by molar-refractivity contribution is 7.11. The van der Waals surface area contributed by atoms with Crippen LogP contribution < -0.4 is 11.2 Å². The van der Waals surface area contributed by atoms with Gasteiger partial charge in [0.15, 0.2) is 11.2 Å². The van der Waals surface area contributed by atoms with E-state index in [2.05, 4.69) is 9.97 Å². The molecule has 0 aliphatic rings. The molecule has 0 saturated heterocycles. The van der Waals surface area contributed by atoms with Gasteiger partial charge in [0.2, 0.25) is 0 Å². The van der Waals surface area contributed by atoms with Crippen molar-refractivity contribution in [2.75, 3.05) is 0 Å². The molecule has 0 fully saturated rings. The van der Waals surface area contributed by atoms with Crippen molar-refractivity contribution >= 4 is 22.5 Å². The highest BCUT2D eigenvalue weighted by Gasteiger charge is 2.15. The summed E-state index contributed by atoms with van der Waals surface area (Å²) in [6.45, 7) is 4.43. The minimum atomic E-state index is -0.373. The van der Waals surface area contributed by atoms with Crippen molar-refractivity contribution in [1.29, 1.82) is 0 Å². The van der Waals surface area contributed by atoms with Crippen LogP contribution in [0.15, 0.2) is 15.9 Å². The van der Waals surface area contributed by atoms with Crippen LogP contribution in [0.3, 0.4) is 0 Å². The van der Waals surface area contributed by atoms with Gasteiger partial charge in [-0.3, -0.25) is 13.9 Å². The molecule has 0 unspecified atom stereocenters. The van der Waals surface area contributed by atoms with E-state index in [0.717, 1.165) is 20.1 Å². The van der Waals surface area contributed by atoms with E-state index in [1.54, 1.807) is 29.3 Å². The molecule has 0 spiro atoms. The van der Waals surface area contributed by atoms with E-state index >= 15 is 0 Å². The fourth-order valence-corrected chi connectivity index (χ4v) is 3.33. The molecule has 3 aromatic rings. The highest BCUT2D eigenvalue weighted by Crippen LogP contribution is 2.19. The number of nitrogens with zero attached hydrogens (tertiary/aromatic N) is 5. The van der Waals surface area contributed by atoms with E-state index in [1.165, 1.54) is 11.6 Å². The average Bonchev–Trinajstić information content (AvgIpc) is 2.98. The van der Waals surface area contributed by atoms with Gasteiger partial charge in [0, 0.05) is 19.0 Å².